The van der Waals surface area contributed by atoms with Gasteiger partial charge in [-0.15, -0.1) is 0 Å². The normalized spacial score (nSPS) is 18.6. The van der Waals surface area contributed by atoms with Crippen LogP contribution < -0.4 is 4.72 Å². The zero-order chi connectivity index (χ0) is 15.3. The van der Waals surface area contributed by atoms with Gasteiger partial charge >= 0.3 is 5.97 Å². The first-order chi connectivity index (χ1) is 10.0. The summed E-state index contributed by atoms with van der Waals surface area (Å²) >= 11 is 0. The van der Waals surface area contributed by atoms with E-state index in [9.17, 15) is 13.2 Å². The number of carbonyl (C=O) groups is 1. The van der Waals surface area contributed by atoms with Crippen LogP contribution in [0.1, 0.15) is 23.2 Å². The van der Waals surface area contributed by atoms with Gasteiger partial charge in [-0.2, -0.15) is 0 Å². The van der Waals surface area contributed by atoms with Crippen molar-refractivity contribution in [2.45, 2.75) is 17.7 Å². The zero-order valence-corrected chi connectivity index (χ0v) is 12.7. The van der Waals surface area contributed by atoms with Crippen LogP contribution in [0, 0.1) is 5.92 Å². The molecule has 0 amide bonds. The lowest BCUT2D eigenvalue weighted by molar-refractivity contribution is 0.0596. The summed E-state index contributed by atoms with van der Waals surface area (Å²) in [6.07, 6.45) is 1.68. The predicted octanol–water partition coefficient (Wildman–Crippen LogP) is 1.18. The van der Waals surface area contributed by atoms with Crippen LogP contribution in [0.4, 0.5) is 0 Å². The van der Waals surface area contributed by atoms with Gasteiger partial charge in [-0.1, -0.05) is 12.1 Å². The van der Waals surface area contributed by atoms with Crippen LogP contribution in [-0.2, 0) is 19.5 Å². The molecule has 0 spiro atoms. The third-order valence-corrected chi connectivity index (χ3v) is 4.97. The number of methoxy groups -OCH3 is 1. The molecule has 1 saturated heterocycles. The minimum atomic E-state index is -3.73. The van der Waals surface area contributed by atoms with Crippen LogP contribution in [-0.4, -0.2) is 41.3 Å². The SMILES string of the molecule is COC(=O)c1ccccc1S(=O)(=O)NCCC1CCOC1. The number of ether oxygens (including phenoxy) is 2. The van der Waals surface area contributed by atoms with Crippen LogP contribution in [0.5, 0.6) is 0 Å². The molecule has 2 rings (SSSR count). The molecule has 1 atom stereocenters. The van der Waals surface area contributed by atoms with Crippen molar-refractivity contribution < 1.29 is 22.7 Å². The average Bonchev–Trinajstić information content (AvgIpc) is 2.99. The molecule has 1 aromatic carbocycles. The number of carbonyl (C=O) groups excluding carboxylic acids is 1. The Labute approximate surface area is 124 Å². The second-order valence-corrected chi connectivity index (χ2v) is 6.64. The van der Waals surface area contributed by atoms with Crippen molar-refractivity contribution in [1.29, 1.82) is 0 Å². The average molecular weight is 313 g/mol. The van der Waals surface area contributed by atoms with Crippen LogP contribution in [0.25, 0.3) is 0 Å². The Bertz CT molecular complexity index is 593. The van der Waals surface area contributed by atoms with Crippen LogP contribution in [0.15, 0.2) is 29.2 Å². The lowest BCUT2D eigenvalue weighted by atomic mass is 10.1. The Morgan fingerprint density at radius 3 is 2.86 bits per heavy atom. The molecule has 21 heavy (non-hydrogen) atoms. The van der Waals surface area contributed by atoms with E-state index in [1.54, 1.807) is 12.1 Å². The third kappa shape index (κ3) is 4.03. The predicted molar refractivity (Wildman–Crippen MR) is 76.5 cm³/mol. The van der Waals surface area contributed by atoms with Crippen molar-refractivity contribution in [2.24, 2.45) is 5.92 Å². The van der Waals surface area contributed by atoms with Crippen molar-refractivity contribution in [2.75, 3.05) is 26.9 Å². The zero-order valence-electron chi connectivity index (χ0n) is 11.9. The van der Waals surface area contributed by atoms with E-state index in [0.29, 0.717) is 19.1 Å². The Morgan fingerprint density at radius 2 is 2.19 bits per heavy atom. The maximum atomic E-state index is 12.3. The molecule has 0 radical (unpaired) electrons. The number of hydrogen-bond donors (Lipinski definition) is 1. The summed E-state index contributed by atoms with van der Waals surface area (Å²) in [5.74, 6) is -0.274. The molecule has 1 heterocycles. The maximum Gasteiger partial charge on any atom is 0.339 e. The molecular formula is C14H19NO5S. The molecule has 1 aliphatic heterocycles. The Morgan fingerprint density at radius 1 is 1.43 bits per heavy atom. The number of sulfonamides is 1. The van der Waals surface area contributed by atoms with Gasteiger partial charge in [-0.3, -0.25) is 0 Å². The van der Waals surface area contributed by atoms with E-state index in [1.165, 1.54) is 19.2 Å². The molecular weight excluding hydrogens is 294 g/mol. The number of esters is 1. The van der Waals surface area contributed by atoms with Crippen LogP contribution in [0.3, 0.4) is 0 Å². The van der Waals surface area contributed by atoms with Crippen LogP contribution in [0.2, 0.25) is 0 Å². The highest BCUT2D eigenvalue weighted by molar-refractivity contribution is 7.89. The van der Waals surface area contributed by atoms with Crippen molar-refractivity contribution in [3.8, 4) is 0 Å². The molecule has 6 nitrogen and oxygen atoms in total. The second kappa shape index (κ2) is 7.02. The standard InChI is InChI=1S/C14H19NO5S/c1-19-14(16)12-4-2-3-5-13(12)21(17,18)15-8-6-11-7-9-20-10-11/h2-5,11,15H,6-10H2,1H3. The van der Waals surface area contributed by atoms with Gasteiger partial charge in [0.1, 0.15) is 0 Å². The van der Waals surface area contributed by atoms with Gasteiger partial charge in [-0.25, -0.2) is 17.9 Å². The van der Waals surface area contributed by atoms with E-state index in [2.05, 4.69) is 9.46 Å². The summed E-state index contributed by atoms with van der Waals surface area (Å²) in [6, 6.07) is 6.01. The molecule has 0 saturated carbocycles. The van der Waals surface area contributed by atoms with E-state index in [-0.39, 0.29) is 10.5 Å². The summed E-state index contributed by atoms with van der Waals surface area (Å²) in [6.45, 7) is 1.74. The first-order valence-corrected chi connectivity index (χ1v) is 8.27. The fraction of sp³-hybridized carbons (Fsp3) is 0.500. The fourth-order valence-electron chi connectivity index (χ4n) is 2.27. The summed E-state index contributed by atoms with van der Waals surface area (Å²) < 4.78 is 37.0. The number of benzene rings is 1. The Hall–Kier alpha value is -1.44. The number of hydrogen-bond acceptors (Lipinski definition) is 5. The van der Waals surface area contributed by atoms with E-state index < -0.39 is 16.0 Å². The van der Waals surface area contributed by atoms with Gasteiger partial charge in [-0.05, 0) is 30.9 Å². The summed E-state index contributed by atoms with van der Waals surface area (Å²) in [4.78, 5) is 11.6. The summed E-state index contributed by atoms with van der Waals surface area (Å²) in [5, 5.41) is 0. The largest absolute Gasteiger partial charge is 0.465 e. The third-order valence-electron chi connectivity index (χ3n) is 3.45. The maximum absolute atomic E-state index is 12.3. The summed E-state index contributed by atoms with van der Waals surface area (Å²) in [7, 11) is -2.51. The highest BCUT2D eigenvalue weighted by Crippen LogP contribution is 2.18. The second-order valence-electron chi connectivity index (χ2n) is 4.90. The van der Waals surface area contributed by atoms with Crippen molar-refractivity contribution in [1.82, 2.24) is 4.72 Å². The molecule has 116 valence electrons. The monoisotopic (exact) mass is 313 g/mol. The fourth-order valence-corrected chi connectivity index (χ4v) is 3.51. The van der Waals surface area contributed by atoms with Gasteiger partial charge < -0.3 is 9.47 Å². The van der Waals surface area contributed by atoms with E-state index in [0.717, 1.165) is 19.4 Å². The van der Waals surface area contributed by atoms with Gasteiger partial charge in [0.25, 0.3) is 0 Å². The molecule has 0 aliphatic carbocycles. The lowest BCUT2D eigenvalue weighted by Crippen LogP contribution is -2.28. The molecule has 1 aliphatic rings. The van der Waals surface area contributed by atoms with E-state index in [1.807, 2.05) is 0 Å². The van der Waals surface area contributed by atoms with Crippen molar-refractivity contribution in [3.05, 3.63) is 29.8 Å². The van der Waals surface area contributed by atoms with E-state index >= 15 is 0 Å². The van der Waals surface area contributed by atoms with Gasteiger partial charge in [0.05, 0.1) is 17.6 Å². The molecule has 0 bridgehead atoms. The molecule has 1 N–H and O–H groups in total. The Kier molecular flexibility index (Phi) is 5.33. The first kappa shape index (κ1) is 15.9. The lowest BCUT2D eigenvalue weighted by Gasteiger charge is -2.11. The minimum Gasteiger partial charge on any atom is -0.465 e. The van der Waals surface area contributed by atoms with Crippen LogP contribution >= 0.6 is 0 Å². The topological polar surface area (TPSA) is 81.7 Å². The highest BCUT2D eigenvalue weighted by atomic mass is 32.2. The molecule has 0 aromatic heterocycles. The smallest absolute Gasteiger partial charge is 0.339 e. The minimum absolute atomic E-state index is 0.0386. The Balaban J connectivity index is 2.06. The first-order valence-electron chi connectivity index (χ1n) is 6.79. The van der Waals surface area contributed by atoms with Gasteiger partial charge in [0.2, 0.25) is 10.0 Å². The molecule has 1 unspecified atom stereocenters. The van der Waals surface area contributed by atoms with Gasteiger partial charge in [0, 0.05) is 19.8 Å². The molecule has 1 aromatic rings. The molecule has 1 fully saturated rings. The number of rotatable bonds is 6. The van der Waals surface area contributed by atoms with Crippen molar-refractivity contribution in [3.63, 3.8) is 0 Å². The quantitative estimate of drug-likeness (QED) is 0.798. The number of nitrogens with one attached hydrogen (secondary N) is 1. The van der Waals surface area contributed by atoms with Crippen molar-refractivity contribution >= 4 is 16.0 Å². The molecule has 7 heteroatoms. The van der Waals surface area contributed by atoms with E-state index in [4.69, 9.17) is 4.74 Å². The van der Waals surface area contributed by atoms with Gasteiger partial charge in [0.15, 0.2) is 0 Å². The highest BCUT2D eigenvalue weighted by Gasteiger charge is 2.23. The summed E-state index contributed by atoms with van der Waals surface area (Å²) in [5.41, 5.74) is 0.0386.